The van der Waals surface area contributed by atoms with Gasteiger partial charge in [0.05, 0.1) is 18.2 Å². The minimum absolute atomic E-state index is 0.0267. The molecule has 0 bridgehead atoms. The van der Waals surface area contributed by atoms with Crippen LogP contribution in [0.4, 0.5) is 0 Å². The topological polar surface area (TPSA) is 121 Å². The van der Waals surface area contributed by atoms with Gasteiger partial charge in [0.15, 0.2) is 0 Å². The molecule has 0 aliphatic heterocycles. The average Bonchev–Trinajstić information content (AvgIpc) is 2.53. The summed E-state index contributed by atoms with van der Waals surface area (Å²) >= 11 is 0. The van der Waals surface area contributed by atoms with Gasteiger partial charge in [-0.1, -0.05) is 12.1 Å². The summed E-state index contributed by atoms with van der Waals surface area (Å²) in [6.07, 6.45) is 0. The van der Waals surface area contributed by atoms with Crippen molar-refractivity contribution in [2.24, 2.45) is 0 Å². The molecule has 0 atom stereocenters. The van der Waals surface area contributed by atoms with E-state index in [0.29, 0.717) is 0 Å². The lowest BCUT2D eigenvalue weighted by atomic mass is 9.97. The molecule has 0 unspecified atom stereocenters. The fourth-order valence-electron chi connectivity index (χ4n) is 2.18. The van der Waals surface area contributed by atoms with E-state index in [9.17, 15) is 19.5 Å². The second kappa shape index (κ2) is 6.18. The predicted molar refractivity (Wildman–Crippen MR) is 79.3 cm³/mol. The Kier molecular flexibility index (Phi) is 4.31. The zero-order valence-corrected chi connectivity index (χ0v) is 11.9. The molecule has 2 aromatic rings. The molecular weight excluding hydrogens is 304 g/mol. The molecule has 0 heterocycles. The fraction of sp³-hybridized carbons (Fsp3) is 0.0625. The van der Waals surface area contributed by atoms with Crippen molar-refractivity contribution in [2.45, 2.75) is 0 Å². The summed E-state index contributed by atoms with van der Waals surface area (Å²) in [4.78, 5) is 33.6. The van der Waals surface area contributed by atoms with Crippen molar-refractivity contribution < 1.29 is 34.4 Å². The molecule has 2 rings (SSSR count). The Bertz CT molecular complexity index is 776. The largest absolute Gasteiger partial charge is 0.495 e. The van der Waals surface area contributed by atoms with Crippen LogP contribution in [-0.4, -0.2) is 40.3 Å². The molecule has 0 aliphatic carbocycles. The maximum absolute atomic E-state index is 11.2. The van der Waals surface area contributed by atoms with E-state index in [2.05, 4.69) is 0 Å². The lowest BCUT2D eigenvalue weighted by molar-refractivity contribution is 0.0679. The Labute approximate surface area is 130 Å². The first-order valence-corrected chi connectivity index (χ1v) is 6.37. The number of hydrogen-bond donors (Lipinski definition) is 3. The minimum atomic E-state index is -1.29. The number of rotatable bonds is 5. The smallest absolute Gasteiger partial charge is 0.339 e. The summed E-state index contributed by atoms with van der Waals surface area (Å²) in [6.45, 7) is 0. The molecule has 7 heteroatoms. The lowest BCUT2D eigenvalue weighted by Gasteiger charge is -2.12. The summed E-state index contributed by atoms with van der Waals surface area (Å²) in [5.41, 5.74) is -0.0202. The first-order valence-electron chi connectivity index (χ1n) is 6.37. The Balaban J connectivity index is 2.76. The number of carboxylic acids is 3. The van der Waals surface area contributed by atoms with Crippen molar-refractivity contribution in [3.8, 4) is 16.9 Å². The van der Waals surface area contributed by atoms with Gasteiger partial charge < -0.3 is 20.1 Å². The SMILES string of the molecule is COc1c(C(=O)O)cccc1-c1cc(C(=O)O)cc(C(=O)O)c1. The van der Waals surface area contributed by atoms with Crippen LogP contribution in [0.25, 0.3) is 11.1 Å². The highest BCUT2D eigenvalue weighted by molar-refractivity contribution is 5.98. The highest BCUT2D eigenvalue weighted by Gasteiger charge is 2.18. The number of hydrogen-bond acceptors (Lipinski definition) is 4. The summed E-state index contributed by atoms with van der Waals surface area (Å²) in [6, 6.07) is 7.88. The number of aromatic carboxylic acids is 3. The minimum Gasteiger partial charge on any atom is -0.495 e. The van der Waals surface area contributed by atoms with Gasteiger partial charge >= 0.3 is 17.9 Å². The number of carbonyl (C=O) groups is 3. The van der Waals surface area contributed by atoms with Gasteiger partial charge in [0, 0.05) is 5.56 Å². The maximum Gasteiger partial charge on any atom is 0.339 e. The van der Waals surface area contributed by atoms with Crippen LogP contribution in [0.15, 0.2) is 36.4 Å². The number of ether oxygens (including phenoxy) is 1. The third kappa shape index (κ3) is 3.13. The van der Waals surface area contributed by atoms with Crippen LogP contribution in [0.2, 0.25) is 0 Å². The van der Waals surface area contributed by atoms with Crippen molar-refractivity contribution in [2.75, 3.05) is 7.11 Å². The third-order valence-corrected chi connectivity index (χ3v) is 3.19. The zero-order valence-electron chi connectivity index (χ0n) is 11.9. The van der Waals surface area contributed by atoms with Crippen molar-refractivity contribution in [1.29, 1.82) is 0 Å². The Hall–Kier alpha value is -3.35. The molecule has 0 saturated heterocycles. The van der Waals surface area contributed by atoms with Gasteiger partial charge in [0.2, 0.25) is 0 Å². The second-order valence-electron chi connectivity index (χ2n) is 4.60. The third-order valence-electron chi connectivity index (χ3n) is 3.19. The monoisotopic (exact) mass is 316 g/mol. The van der Waals surface area contributed by atoms with Gasteiger partial charge in [0.1, 0.15) is 11.3 Å². The number of carboxylic acid groups (broad SMARTS) is 3. The number of methoxy groups -OCH3 is 1. The molecule has 3 N–H and O–H groups in total. The van der Waals surface area contributed by atoms with E-state index < -0.39 is 17.9 Å². The van der Waals surface area contributed by atoms with E-state index in [1.165, 1.54) is 37.4 Å². The lowest BCUT2D eigenvalue weighted by Crippen LogP contribution is -2.05. The van der Waals surface area contributed by atoms with Crippen molar-refractivity contribution in [1.82, 2.24) is 0 Å². The average molecular weight is 316 g/mol. The Morgan fingerprint density at radius 3 is 1.87 bits per heavy atom. The first kappa shape index (κ1) is 16.0. The van der Waals surface area contributed by atoms with Crippen LogP contribution in [0.3, 0.4) is 0 Å². The van der Waals surface area contributed by atoms with Gasteiger partial charge in [-0.05, 0) is 29.8 Å². The summed E-state index contributed by atoms with van der Waals surface area (Å²) < 4.78 is 5.12. The van der Waals surface area contributed by atoms with Crippen LogP contribution < -0.4 is 4.74 Å². The van der Waals surface area contributed by atoms with Gasteiger partial charge in [-0.25, -0.2) is 14.4 Å². The molecule has 0 radical (unpaired) electrons. The van der Waals surface area contributed by atoms with Crippen LogP contribution in [0, 0.1) is 0 Å². The molecule has 7 nitrogen and oxygen atoms in total. The molecule has 0 saturated carbocycles. The van der Waals surface area contributed by atoms with Crippen molar-refractivity contribution in [3.05, 3.63) is 53.1 Å². The van der Waals surface area contributed by atoms with E-state index in [0.717, 1.165) is 6.07 Å². The molecule has 2 aromatic carbocycles. The first-order chi connectivity index (χ1) is 10.8. The molecule has 118 valence electrons. The van der Waals surface area contributed by atoms with E-state index >= 15 is 0 Å². The number of para-hydroxylation sites is 1. The highest BCUT2D eigenvalue weighted by atomic mass is 16.5. The molecule has 0 amide bonds. The summed E-state index contributed by atoms with van der Waals surface area (Å²) in [7, 11) is 1.28. The summed E-state index contributed by atoms with van der Waals surface area (Å²) in [5, 5.41) is 27.4. The van der Waals surface area contributed by atoms with E-state index in [-0.39, 0.29) is 33.6 Å². The Morgan fingerprint density at radius 2 is 1.43 bits per heavy atom. The zero-order chi connectivity index (χ0) is 17.1. The van der Waals surface area contributed by atoms with E-state index in [1.54, 1.807) is 0 Å². The Morgan fingerprint density at radius 1 is 0.870 bits per heavy atom. The normalized spacial score (nSPS) is 10.1. The van der Waals surface area contributed by atoms with Crippen LogP contribution in [0.5, 0.6) is 5.75 Å². The van der Waals surface area contributed by atoms with Crippen molar-refractivity contribution in [3.63, 3.8) is 0 Å². The fourth-order valence-corrected chi connectivity index (χ4v) is 2.18. The second-order valence-corrected chi connectivity index (χ2v) is 4.60. The van der Waals surface area contributed by atoms with Crippen LogP contribution >= 0.6 is 0 Å². The van der Waals surface area contributed by atoms with E-state index in [1.807, 2.05) is 0 Å². The predicted octanol–water partition coefficient (Wildman–Crippen LogP) is 2.46. The quantitative estimate of drug-likeness (QED) is 0.774. The van der Waals surface area contributed by atoms with Crippen LogP contribution in [-0.2, 0) is 0 Å². The van der Waals surface area contributed by atoms with Gasteiger partial charge in [-0.3, -0.25) is 0 Å². The molecule has 0 fully saturated rings. The molecule has 23 heavy (non-hydrogen) atoms. The highest BCUT2D eigenvalue weighted by Crippen LogP contribution is 2.34. The van der Waals surface area contributed by atoms with Gasteiger partial charge in [-0.15, -0.1) is 0 Å². The maximum atomic E-state index is 11.2. The van der Waals surface area contributed by atoms with Crippen LogP contribution in [0.1, 0.15) is 31.1 Å². The van der Waals surface area contributed by atoms with Gasteiger partial charge in [0.25, 0.3) is 0 Å². The number of benzene rings is 2. The molecule has 0 spiro atoms. The van der Waals surface area contributed by atoms with E-state index in [4.69, 9.17) is 14.9 Å². The standard InChI is InChI=1S/C16H12O7/c1-23-13-11(3-2-4-12(13)16(21)22)8-5-9(14(17)18)7-10(6-8)15(19)20/h2-7H,1H3,(H,17,18)(H,19,20)(H,21,22). The summed E-state index contributed by atoms with van der Waals surface area (Å²) in [5.74, 6) is -3.76. The van der Waals surface area contributed by atoms with Crippen molar-refractivity contribution >= 4 is 17.9 Å². The molecule has 0 aliphatic rings. The molecule has 0 aromatic heterocycles. The molecular formula is C16H12O7. The van der Waals surface area contributed by atoms with Gasteiger partial charge in [-0.2, -0.15) is 0 Å².